The SMILES string of the molecule is COCCCNC(=O)C12CCC(C)(C1Br)C2(C)C. The van der Waals surface area contributed by atoms with Gasteiger partial charge in [-0.1, -0.05) is 36.7 Å². The van der Waals surface area contributed by atoms with Gasteiger partial charge in [-0.25, -0.2) is 0 Å². The van der Waals surface area contributed by atoms with E-state index in [1.807, 2.05) is 0 Å². The average Bonchev–Trinajstić information content (AvgIpc) is 2.73. The molecule has 0 aromatic heterocycles. The van der Waals surface area contributed by atoms with E-state index in [9.17, 15) is 4.79 Å². The number of alkyl halides is 1. The topological polar surface area (TPSA) is 38.3 Å². The number of rotatable bonds is 5. The Hall–Kier alpha value is -0.0900. The summed E-state index contributed by atoms with van der Waals surface area (Å²) in [4.78, 5) is 12.9. The van der Waals surface area contributed by atoms with Gasteiger partial charge in [-0.05, 0) is 30.1 Å². The fourth-order valence-electron chi connectivity index (χ4n) is 4.03. The highest BCUT2D eigenvalue weighted by Crippen LogP contribution is 2.79. The average molecular weight is 318 g/mol. The molecule has 3 unspecified atom stereocenters. The predicted octanol–water partition coefficient (Wildman–Crippen LogP) is 2.73. The van der Waals surface area contributed by atoms with E-state index in [4.69, 9.17) is 4.74 Å². The van der Waals surface area contributed by atoms with Crippen molar-refractivity contribution in [2.75, 3.05) is 20.3 Å². The summed E-state index contributed by atoms with van der Waals surface area (Å²) in [5.74, 6) is 0.223. The Bertz CT molecular complexity index is 358. The maximum absolute atomic E-state index is 12.6. The Morgan fingerprint density at radius 2 is 2.06 bits per heavy atom. The number of methoxy groups -OCH3 is 1. The molecule has 3 aliphatic rings. The molecule has 3 rings (SSSR count). The van der Waals surface area contributed by atoms with Crippen LogP contribution in [0, 0.1) is 16.2 Å². The molecule has 0 radical (unpaired) electrons. The van der Waals surface area contributed by atoms with Crippen LogP contribution in [0.4, 0.5) is 0 Å². The Morgan fingerprint density at radius 3 is 2.50 bits per heavy atom. The van der Waals surface area contributed by atoms with Gasteiger partial charge in [0, 0.05) is 25.1 Å². The van der Waals surface area contributed by atoms with Crippen LogP contribution in [-0.2, 0) is 9.53 Å². The lowest BCUT2D eigenvalue weighted by Crippen LogP contribution is -2.69. The van der Waals surface area contributed by atoms with Crippen LogP contribution in [0.2, 0.25) is 0 Å². The lowest BCUT2D eigenvalue weighted by molar-refractivity contribution is -0.161. The molecule has 2 bridgehead atoms. The highest BCUT2D eigenvalue weighted by Gasteiger charge is 2.79. The second-order valence-electron chi connectivity index (χ2n) is 6.48. The van der Waals surface area contributed by atoms with Crippen molar-refractivity contribution in [1.29, 1.82) is 0 Å². The van der Waals surface area contributed by atoms with Crippen LogP contribution in [0.3, 0.4) is 0 Å². The van der Waals surface area contributed by atoms with Gasteiger partial charge in [0.2, 0.25) is 5.91 Å². The Kier molecular flexibility index (Phi) is 3.56. The molecule has 0 aliphatic heterocycles. The van der Waals surface area contributed by atoms with Crippen LogP contribution in [0.25, 0.3) is 0 Å². The number of hydrogen-bond acceptors (Lipinski definition) is 2. The quantitative estimate of drug-likeness (QED) is 0.625. The number of ether oxygens (including phenoxy) is 1. The summed E-state index contributed by atoms with van der Waals surface area (Å²) in [6.45, 7) is 8.20. The minimum atomic E-state index is -0.213. The lowest BCUT2D eigenvalue weighted by atomic mass is 9.43. The van der Waals surface area contributed by atoms with Crippen LogP contribution in [0.15, 0.2) is 0 Å². The fraction of sp³-hybridized carbons (Fsp3) is 0.929. The molecular formula is C14H24BrNO2. The van der Waals surface area contributed by atoms with Crippen LogP contribution in [0.5, 0.6) is 0 Å². The van der Waals surface area contributed by atoms with Crippen molar-refractivity contribution in [1.82, 2.24) is 5.32 Å². The van der Waals surface area contributed by atoms with E-state index in [1.165, 1.54) is 0 Å². The molecular weight excluding hydrogens is 294 g/mol. The maximum atomic E-state index is 12.6. The first-order valence-corrected chi connectivity index (χ1v) is 7.67. The molecule has 3 nitrogen and oxygen atoms in total. The van der Waals surface area contributed by atoms with E-state index in [2.05, 4.69) is 42.0 Å². The summed E-state index contributed by atoms with van der Waals surface area (Å²) >= 11 is 3.78. The second kappa shape index (κ2) is 4.48. The Morgan fingerprint density at radius 1 is 1.39 bits per heavy atom. The molecule has 3 fully saturated rings. The smallest absolute Gasteiger partial charge is 0.227 e. The number of halogens is 1. The van der Waals surface area contributed by atoms with E-state index in [-0.39, 0.29) is 22.2 Å². The van der Waals surface area contributed by atoms with Gasteiger partial charge in [-0.3, -0.25) is 4.79 Å². The zero-order chi connectivity index (χ0) is 13.6. The minimum absolute atomic E-state index is 0.0828. The Balaban J connectivity index is 2.02. The van der Waals surface area contributed by atoms with Crippen molar-refractivity contribution in [3.05, 3.63) is 0 Å². The summed E-state index contributed by atoms with van der Waals surface area (Å²) < 4.78 is 5.00. The van der Waals surface area contributed by atoms with E-state index in [0.29, 0.717) is 18.0 Å². The molecule has 0 aromatic rings. The van der Waals surface area contributed by atoms with E-state index < -0.39 is 0 Å². The molecule has 0 aromatic carbocycles. The molecule has 0 spiro atoms. The lowest BCUT2D eigenvalue weighted by Gasteiger charge is -2.64. The summed E-state index contributed by atoms with van der Waals surface area (Å²) in [6.07, 6.45) is 3.02. The van der Waals surface area contributed by atoms with Gasteiger partial charge in [0.25, 0.3) is 0 Å². The summed E-state index contributed by atoms with van der Waals surface area (Å²) in [6, 6.07) is 0. The molecule has 4 heteroatoms. The first-order valence-electron chi connectivity index (χ1n) is 6.76. The van der Waals surface area contributed by atoms with Gasteiger partial charge in [0.1, 0.15) is 0 Å². The van der Waals surface area contributed by atoms with Crippen LogP contribution >= 0.6 is 15.9 Å². The molecule has 0 saturated heterocycles. The first-order chi connectivity index (χ1) is 8.34. The minimum Gasteiger partial charge on any atom is -0.385 e. The predicted molar refractivity (Wildman–Crippen MR) is 75.8 cm³/mol. The zero-order valence-electron chi connectivity index (χ0n) is 11.8. The molecule has 3 atom stereocenters. The first kappa shape index (κ1) is 14.3. The van der Waals surface area contributed by atoms with Crippen molar-refractivity contribution in [3.63, 3.8) is 0 Å². The molecule has 1 amide bonds. The van der Waals surface area contributed by atoms with E-state index >= 15 is 0 Å². The van der Waals surface area contributed by atoms with Gasteiger partial charge < -0.3 is 10.1 Å². The molecule has 3 saturated carbocycles. The highest BCUT2D eigenvalue weighted by molar-refractivity contribution is 9.09. The summed E-state index contributed by atoms with van der Waals surface area (Å²) in [5, 5.41) is 3.09. The van der Waals surface area contributed by atoms with Crippen LogP contribution in [-0.4, -0.2) is 31.0 Å². The molecule has 18 heavy (non-hydrogen) atoms. The van der Waals surface area contributed by atoms with Gasteiger partial charge >= 0.3 is 0 Å². The molecule has 3 aliphatic carbocycles. The van der Waals surface area contributed by atoms with Gasteiger partial charge in [0.05, 0.1) is 5.41 Å². The Labute approximate surface area is 118 Å². The summed E-state index contributed by atoms with van der Waals surface area (Å²) in [5.41, 5.74) is 0.130. The second-order valence-corrected chi connectivity index (χ2v) is 7.39. The molecule has 1 N–H and O–H groups in total. The third kappa shape index (κ3) is 1.48. The summed E-state index contributed by atoms with van der Waals surface area (Å²) in [7, 11) is 1.69. The van der Waals surface area contributed by atoms with Crippen LogP contribution in [0.1, 0.15) is 40.0 Å². The zero-order valence-corrected chi connectivity index (χ0v) is 13.4. The van der Waals surface area contributed by atoms with Gasteiger partial charge in [-0.2, -0.15) is 0 Å². The standard InChI is InChI=1S/C14H24BrNO2/c1-12(2)13(3)6-7-14(12,10(13)15)11(17)16-8-5-9-18-4/h10H,5-9H2,1-4H3,(H,16,17). The number of amides is 1. The monoisotopic (exact) mass is 317 g/mol. The number of hydrogen-bond donors (Lipinski definition) is 1. The van der Waals surface area contributed by atoms with Crippen molar-refractivity contribution < 1.29 is 9.53 Å². The molecule has 104 valence electrons. The van der Waals surface area contributed by atoms with Gasteiger partial charge in [-0.15, -0.1) is 0 Å². The number of carbonyl (C=O) groups excluding carboxylic acids is 1. The van der Waals surface area contributed by atoms with Crippen molar-refractivity contribution in [2.24, 2.45) is 16.2 Å². The maximum Gasteiger partial charge on any atom is 0.227 e. The third-order valence-corrected chi connectivity index (χ3v) is 7.58. The van der Waals surface area contributed by atoms with E-state index in [0.717, 1.165) is 19.3 Å². The number of fused-ring (bicyclic) bond motifs is 1. The van der Waals surface area contributed by atoms with Gasteiger partial charge in [0.15, 0.2) is 0 Å². The largest absolute Gasteiger partial charge is 0.385 e. The fourth-order valence-corrected chi connectivity index (χ4v) is 5.84. The number of carbonyl (C=O) groups is 1. The van der Waals surface area contributed by atoms with Crippen molar-refractivity contribution >= 4 is 21.8 Å². The van der Waals surface area contributed by atoms with Crippen molar-refractivity contribution in [2.45, 2.75) is 44.9 Å². The molecule has 0 heterocycles. The normalized spacial score (nSPS) is 40.4. The third-order valence-electron chi connectivity index (χ3n) is 5.79. The highest BCUT2D eigenvalue weighted by atomic mass is 79.9. The number of nitrogens with one attached hydrogen (secondary N) is 1. The van der Waals surface area contributed by atoms with Crippen LogP contribution < -0.4 is 5.32 Å². The van der Waals surface area contributed by atoms with E-state index in [1.54, 1.807) is 7.11 Å². The van der Waals surface area contributed by atoms with Crippen molar-refractivity contribution in [3.8, 4) is 0 Å².